The number of hydrogen-bond donors (Lipinski definition) is 2. The largest absolute Gasteiger partial charge is 0.397 e. The van der Waals surface area contributed by atoms with E-state index in [4.69, 9.17) is 5.73 Å². The molecule has 0 unspecified atom stereocenters. The third kappa shape index (κ3) is 2.43. The van der Waals surface area contributed by atoms with E-state index in [9.17, 15) is 4.39 Å². The van der Waals surface area contributed by atoms with Crippen LogP contribution >= 0.6 is 0 Å². The number of halogens is 1. The molecule has 0 bridgehead atoms. The molecule has 0 amide bonds. The molecule has 0 saturated heterocycles. The number of benzene rings is 1. The Labute approximate surface area is 86.8 Å². The topological polar surface area (TPSA) is 50.9 Å². The minimum absolute atomic E-state index is 0.282. The van der Waals surface area contributed by atoms with Crippen LogP contribution in [-0.2, 0) is 0 Å². The zero-order valence-electron chi connectivity index (χ0n) is 7.94. The molecule has 0 aliphatic heterocycles. The Bertz CT molecular complexity index is 454. The summed E-state index contributed by atoms with van der Waals surface area (Å²) in [7, 11) is 0. The third-order valence-corrected chi connectivity index (χ3v) is 1.88. The van der Waals surface area contributed by atoms with Crippen LogP contribution in [0, 0.1) is 5.82 Å². The van der Waals surface area contributed by atoms with E-state index >= 15 is 0 Å². The highest BCUT2D eigenvalue weighted by Crippen LogP contribution is 2.15. The number of aromatic nitrogens is 1. The third-order valence-electron chi connectivity index (χ3n) is 1.88. The molecule has 0 fully saturated rings. The van der Waals surface area contributed by atoms with Crippen molar-refractivity contribution in [2.45, 2.75) is 0 Å². The van der Waals surface area contributed by atoms with E-state index in [2.05, 4.69) is 10.3 Å². The summed E-state index contributed by atoms with van der Waals surface area (Å²) >= 11 is 0. The van der Waals surface area contributed by atoms with Crippen molar-refractivity contribution in [3.05, 3.63) is 48.4 Å². The molecule has 0 saturated carbocycles. The number of nitrogens with two attached hydrogens (primary N) is 1. The van der Waals surface area contributed by atoms with Gasteiger partial charge in [-0.3, -0.25) is 0 Å². The molecule has 0 spiro atoms. The van der Waals surface area contributed by atoms with Crippen molar-refractivity contribution in [1.82, 2.24) is 4.98 Å². The minimum atomic E-state index is -0.282. The van der Waals surface area contributed by atoms with E-state index in [1.807, 2.05) is 0 Å². The van der Waals surface area contributed by atoms with Crippen molar-refractivity contribution < 1.29 is 4.39 Å². The van der Waals surface area contributed by atoms with Crippen LogP contribution in [0.1, 0.15) is 0 Å². The highest BCUT2D eigenvalue weighted by molar-refractivity contribution is 5.57. The second-order valence-electron chi connectivity index (χ2n) is 3.11. The molecule has 0 aliphatic carbocycles. The molecule has 4 heteroatoms. The minimum Gasteiger partial charge on any atom is -0.397 e. The van der Waals surface area contributed by atoms with Gasteiger partial charge >= 0.3 is 0 Å². The number of nitrogen functional groups attached to an aromatic ring is 1. The Hall–Kier alpha value is -2.10. The van der Waals surface area contributed by atoms with E-state index in [-0.39, 0.29) is 5.82 Å². The molecule has 1 heterocycles. The molecule has 2 rings (SSSR count). The monoisotopic (exact) mass is 203 g/mol. The maximum absolute atomic E-state index is 12.9. The highest BCUT2D eigenvalue weighted by atomic mass is 19.1. The average molecular weight is 203 g/mol. The number of hydrogen-bond acceptors (Lipinski definition) is 3. The van der Waals surface area contributed by atoms with Gasteiger partial charge in [0.25, 0.3) is 0 Å². The van der Waals surface area contributed by atoms with Gasteiger partial charge in [0.1, 0.15) is 11.6 Å². The zero-order chi connectivity index (χ0) is 10.7. The van der Waals surface area contributed by atoms with Gasteiger partial charge in [0.05, 0.1) is 11.9 Å². The van der Waals surface area contributed by atoms with Crippen LogP contribution in [0.15, 0.2) is 42.6 Å². The molecule has 0 atom stereocenters. The van der Waals surface area contributed by atoms with Crippen molar-refractivity contribution in [3.8, 4) is 0 Å². The molecule has 76 valence electrons. The van der Waals surface area contributed by atoms with Crippen LogP contribution in [0.4, 0.5) is 21.6 Å². The van der Waals surface area contributed by atoms with Gasteiger partial charge < -0.3 is 11.1 Å². The van der Waals surface area contributed by atoms with Gasteiger partial charge in [0, 0.05) is 5.69 Å². The van der Waals surface area contributed by atoms with Crippen molar-refractivity contribution in [2.24, 2.45) is 0 Å². The summed E-state index contributed by atoms with van der Waals surface area (Å²) in [6.07, 6.45) is 1.54. The van der Waals surface area contributed by atoms with Crippen LogP contribution < -0.4 is 11.1 Å². The standard InChI is InChI=1S/C11H10FN3/c12-8-2-1-3-10(6-8)15-11-5-4-9(13)7-14-11/h1-7H,13H2,(H,14,15). The fraction of sp³-hybridized carbons (Fsp3) is 0. The van der Waals surface area contributed by atoms with Crippen LogP contribution in [0.5, 0.6) is 0 Å². The maximum Gasteiger partial charge on any atom is 0.130 e. The van der Waals surface area contributed by atoms with E-state index in [1.54, 1.807) is 30.5 Å². The highest BCUT2D eigenvalue weighted by Gasteiger charge is 1.96. The molecule has 3 nitrogen and oxygen atoms in total. The first-order valence-corrected chi connectivity index (χ1v) is 4.48. The van der Waals surface area contributed by atoms with Crippen molar-refractivity contribution in [1.29, 1.82) is 0 Å². The first kappa shape index (κ1) is 9.45. The molecule has 0 radical (unpaired) electrons. The Morgan fingerprint density at radius 3 is 2.73 bits per heavy atom. The predicted octanol–water partition coefficient (Wildman–Crippen LogP) is 2.55. The average Bonchev–Trinajstić information content (AvgIpc) is 2.22. The van der Waals surface area contributed by atoms with Gasteiger partial charge in [0.2, 0.25) is 0 Å². The summed E-state index contributed by atoms with van der Waals surface area (Å²) in [5, 5.41) is 2.97. The number of nitrogens with zero attached hydrogens (tertiary/aromatic N) is 1. The first-order valence-electron chi connectivity index (χ1n) is 4.48. The van der Waals surface area contributed by atoms with Gasteiger partial charge in [-0.2, -0.15) is 0 Å². The Kier molecular flexibility index (Phi) is 2.49. The van der Waals surface area contributed by atoms with Crippen LogP contribution in [-0.4, -0.2) is 4.98 Å². The van der Waals surface area contributed by atoms with E-state index in [0.29, 0.717) is 17.2 Å². The second-order valence-corrected chi connectivity index (χ2v) is 3.11. The van der Waals surface area contributed by atoms with Gasteiger partial charge in [-0.15, -0.1) is 0 Å². The van der Waals surface area contributed by atoms with Gasteiger partial charge in [-0.25, -0.2) is 9.37 Å². The fourth-order valence-corrected chi connectivity index (χ4v) is 1.19. The molecule has 2 aromatic rings. The lowest BCUT2D eigenvalue weighted by atomic mass is 10.3. The SMILES string of the molecule is Nc1ccc(Nc2cccc(F)c2)nc1. The van der Waals surface area contributed by atoms with E-state index in [0.717, 1.165) is 0 Å². The fourth-order valence-electron chi connectivity index (χ4n) is 1.19. The first-order chi connectivity index (χ1) is 7.24. The van der Waals surface area contributed by atoms with Crippen LogP contribution in [0.25, 0.3) is 0 Å². The van der Waals surface area contributed by atoms with E-state index in [1.165, 1.54) is 12.1 Å². The summed E-state index contributed by atoms with van der Waals surface area (Å²) in [5.41, 5.74) is 6.75. The quantitative estimate of drug-likeness (QED) is 0.788. The summed E-state index contributed by atoms with van der Waals surface area (Å²) in [6, 6.07) is 9.66. The number of nitrogens with one attached hydrogen (secondary N) is 1. The lowest BCUT2D eigenvalue weighted by Gasteiger charge is -2.05. The molecule has 0 aliphatic rings. The van der Waals surface area contributed by atoms with Crippen molar-refractivity contribution >= 4 is 17.2 Å². The lowest BCUT2D eigenvalue weighted by Crippen LogP contribution is -1.94. The van der Waals surface area contributed by atoms with Crippen molar-refractivity contribution in [3.63, 3.8) is 0 Å². The molecule has 1 aromatic heterocycles. The number of rotatable bonds is 2. The summed E-state index contributed by atoms with van der Waals surface area (Å²) in [4.78, 5) is 4.04. The maximum atomic E-state index is 12.9. The summed E-state index contributed by atoms with van der Waals surface area (Å²) < 4.78 is 12.9. The zero-order valence-corrected chi connectivity index (χ0v) is 7.94. The molecular formula is C11H10FN3. The Morgan fingerprint density at radius 1 is 1.20 bits per heavy atom. The number of pyridine rings is 1. The summed E-state index contributed by atoms with van der Waals surface area (Å²) in [6.45, 7) is 0. The van der Waals surface area contributed by atoms with E-state index < -0.39 is 0 Å². The molecule has 1 aromatic carbocycles. The smallest absolute Gasteiger partial charge is 0.130 e. The van der Waals surface area contributed by atoms with Crippen LogP contribution in [0.2, 0.25) is 0 Å². The number of anilines is 3. The molecular weight excluding hydrogens is 193 g/mol. The predicted molar refractivity (Wildman–Crippen MR) is 58.3 cm³/mol. The Balaban J connectivity index is 2.18. The van der Waals surface area contributed by atoms with Crippen LogP contribution in [0.3, 0.4) is 0 Å². The summed E-state index contributed by atoms with van der Waals surface area (Å²) in [5.74, 6) is 0.352. The second kappa shape index (κ2) is 3.96. The van der Waals surface area contributed by atoms with Crippen molar-refractivity contribution in [2.75, 3.05) is 11.1 Å². The molecule has 3 N–H and O–H groups in total. The van der Waals surface area contributed by atoms with Gasteiger partial charge in [-0.05, 0) is 30.3 Å². The molecule has 15 heavy (non-hydrogen) atoms. The lowest BCUT2D eigenvalue weighted by molar-refractivity contribution is 0.628. The Morgan fingerprint density at radius 2 is 2.07 bits per heavy atom. The normalized spacial score (nSPS) is 9.93. The van der Waals surface area contributed by atoms with Gasteiger partial charge in [-0.1, -0.05) is 6.07 Å². The van der Waals surface area contributed by atoms with Gasteiger partial charge in [0.15, 0.2) is 0 Å².